The second-order valence-electron chi connectivity index (χ2n) is 8.31. The summed E-state index contributed by atoms with van der Waals surface area (Å²) in [4.78, 5) is 0. The van der Waals surface area contributed by atoms with Crippen molar-refractivity contribution in [3.63, 3.8) is 0 Å². The molecule has 6 nitrogen and oxygen atoms in total. The monoisotopic (exact) mass is 518 g/mol. The Morgan fingerprint density at radius 3 is 1.17 bits per heavy atom. The van der Waals surface area contributed by atoms with Crippen molar-refractivity contribution in [2.75, 3.05) is 0 Å². The summed E-state index contributed by atoms with van der Waals surface area (Å²) in [6.07, 6.45) is 0. The number of halogens is 6. The van der Waals surface area contributed by atoms with Crippen LogP contribution in [0.15, 0.2) is 12.1 Å². The van der Waals surface area contributed by atoms with Crippen LogP contribution in [0.25, 0.3) is 0 Å². The molecule has 0 spiro atoms. The number of rotatable bonds is 6. The highest BCUT2D eigenvalue weighted by Gasteiger charge is 2.51. The van der Waals surface area contributed by atoms with Gasteiger partial charge in [0.05, 0.1) is 16.1 Å². The number of hydrogen-bond acceptors (Lipinski definition) is 6. The summed E-state index contributed by atoms with van der Waals surface area (Å²) in [5, 5.41) is -0.325. The lowest BCUT2D eigenvalue weighted by Gasteiger charge is -2.27. The molecule has 0 atom stereocenters. The van der Waals surface area contributed by atoms with Crippen molar-refractivity contribution in [3.05, 3.63) is 12.1 Å². The molecule has 0 amide bonds. The summed E-state index contributed by atoms with van der Waals surface area (Å²) < 4.78 is 132. The van der Waals surface area contributed by atoms with Gasteiger partial charge in [0.25, 0.3) is 0 Å². The molecule has 0 aromatic heterocycles. The van der Waals surface area contributed by atoms with Gasteiger partial charge in [0.15, 0.2) is 0 Å². The Bertz CT molecular complexity index is 952. The lowest BCUT2D eigenvalue weighted by atomic mass is 10.3. The van der Waals surface area contributed by atoms with Crippen molar-refractivity contribution in [3.8, 4) is 11.5 Å². The van der Waals surface area contributed by atoms with Gasteiger partial charge in [-0.1, -0.05) is 44.5 Å². The highest BCUT2D eigenvalue weighted by atomic mass is 32.2. The fraction of sp³-hybridized carbons (Fsp3) is 0.571. The summed E-state index contributed by atoms with van der Waals surface area (Å²) >= 11 is 0. The van der Waals surface area contributed by atoms with Crippen LogP contribution < -0.4 is 18.7 Å². The van der Waals surface area contributed by atoms with E-state index >= 15 is 0 Å². The molecule has 0 aliphatic rings. The second kappa shape index (κ2) is 7.70. The Morgan fingerprint density at radius 1 is 0.667 bits per heavy atom. The average molecular weight is 519 g/mol. The molecule has 0 saturated heterocycles. The first-order chi connectivity index (χ1) is 12.9. The first-order valence-electron chi connectivity index (χ1n) is 8.11. The lowest BCUT2D eigenvalue weighted by molar-refractivity contribution is -0.0502. The molecule has 0 aliphatic carbocycles. The van der Waals surface area contributed by atoms with Crippen LogP contribution in [-0.4, -0.2) is 44.0 Å². The third-order valence-electron chi connectivity index (χ3n) is 3.65. The van der Waals surface area contributed by atoms with Crippen molar-refractivity contribution in [2.24, 2.45) is 0 Å². The van der Waals surface area contributed by atoms with E-state index in [1.165, 1.54) is 19.6 Å². The van der Waals surface area contributed by atoms with Crippen molar-refractivity contribution in [2.45, 2.75) is 50.3 Å². The van der Waals surface area contributed by atoms with E-state index in [0.29, 0.717) is 0 Å². The molecule has 0 radical (unpaired) electrons. The minimum Gasteiger partial charge on any atom is -0.376 e. The van der Waals surface area contributed by atoms with Crippen LogP contribution in [0, 0.1) is 0 Å². The maximum atomic E-state index is 12.8. The van der Waals surface area contributed by atoms with E-state index in [1.807, 2.05) is 0 Å². The smallest absolute Gasteiger partial charge is 0.376 e. The number of alkyl halides is 6. The molecule has 0 fully saturated rings. The van der Waals surface area contributed by atoms with Crippen LogP contribution in [0.2, 0.25) is 39.3 Å². The normalized spacial score (nSPS) is 14.5. The summed E-state index contributed by atoms with van der Waals surface area (Å²) in [5.41, 5.74) is -11.6. The Morgan fingerprint density at radius 2 is 0.967 bits per heavy atom. The SMILES string of the molecule is C[Si](C)(C)c1cc(OS(=O)(=O)C(F)(F)F)c([Si](C)(C)C)c(OS(=O)(=O)C(F)(F)F)c1. The maximum absolute atomic E-state index is 12.8. The van der Waals surface area contributed by atoms with Gasteiger partial charge < -0.3 is 8.37 Å². The molecule has 0 aliphatic heterocycles. The minimum atomic E-state index is -6.17. The molecular weight excluding hydrogens is 498 g/mol. The molecule has 1 rings (SSSR count). The maximum Gasteiger partial charge on any atom is 0.534 e. The van der Waals surface area contributed by atoms with Crippen LogP contribution in [0.5, 0.6) is 11.5 Å². The summed E-state index contributed by atoms with van der Waals surface area (Å²) in [6, 6.07) is 1.96. The summed E-state index contributed by atoms with van der Waals surface area (Å²) in [6.45, 7) is 9.28. The Hall–Kier alpha value is -1.27. The van der Waals surface area contributed by atoms with Gasteiger partial charge in [-0.3, -0.25) is 0 Å². The van der Waals surface area contributed by atoms with Gasteiger partial charge in [-0.05, 0) is 12.1 Å². The largest absolute Gasteiger partial charge is 0.534 e. The zero-order valence-electron chi connectivity index (χ0n) is 16.7. The molecule has 1 aromatic rings. The summed E-state index contributed by atoms with van der Waals surface area (Å²) in [7, 11) is -17.9. The van der Waals surface area contributed by atoms with Crippen molar-refractivity contribution in [1.82, 2.24) is 0 Å². The highest BCUT2D eigenvalue weighted by molar-refractivity contribution is 7.88. The fourth-order valence-electron chi connectivity index (χ4n) is 2.22. The molecule has 16 heteroatoms. The van der Waals surface area contributed by atoms with Crippen molar-refractivity contribution in [1.29, 1.82) is 0 Å². The zero-order chi connectivity index (χ0) is 24.1. The molecule has 0 bridgehead atoms. The molecule has 0 heterocycles. The first kappa shape index (κ1) is 26.8. The predicted octanol–water partition coefficient (Wildman–Crippen LogP) is 3.23. The van der Waals surface area contributed by atoms with E-state index in [2.05, 4.69) is 8.37 Å². The molecule has 30 heavy (non-hydrogen) atoms. The van der Waals surface area contributed by atoms with E-state index in [1.54, 1.807) is 19.6 Å². The Labute approximate surface area is 172 Å². The van der Waals surface area contributed by atoms with E-state index in [-0.39, 0.29) is 5.19 Å². The lowest BCUT2D eigenvalue weighted by Crippen LogP contribution is -2.46. The molecule has 174 valence electrons. The van der Waals surface area contributed by atoms with E-state index in [4.69, 9.17) is 0 Å². The topological polar surface area (TPSA) is 86.7 Å². The molecular formula is C14H20F6O6S2Si2. The van der Waals surface area contributed by atoms with E-state index < -0.39 is 64.1 Å². The van der Waals surface area contributed by atoms with Gasteiger partial charge >= 0.3 is 31.3 Å². The van der Waals surface area contributed by atoms with Crippen LogP contribution in [-0.2, 0) is 20.2 Å². The van der Waals surface area contributed by atoms with Gasteiger partial charge in [0.1, 0.15) is 11.5 Å². The second-order valence-corrected chi connectivity index (χ2v) is 21.5. The molecule has 1 aromatic carbocycles. The highest BCUT2D eigenvalue weighted by Crippen LogP contribution is 2.32. The van der Waals surface area contributed by atoms with Gasteiger partial charge in [-0.15, -0.1) is 0 Å². The third kappa shape index (κ3) is 5.91. The zero-order valence-corrected chi connectivity index (χ0v) is 20.3. The van der Waals surface area contributed by atoms with E-state index in [9.17, 15) is 43.2 Å². The van der Waals surface area contributed by atoms with Crippen LogP contribution in [0.4, 0.5) is 26.3 Å². The van der Waals surface area contributed by atoms with Crippen molar-refractivity contribution < 1.29 is 51.5 Å². The van der Waals surface area contributed by atoms with Gasteiger partial charge in [-0.25, -0.2) is 0 Å². The third-order valence-corrected chi connectivity index (χ3v) is 9.59. The predicted molar refractivity (Wildman–Crippen MR) is 104 cm³/mol. The quantitative estimate of drug-likeness (QED) is 0.249. The van der Waals surface area contributed by atoms with Crippen LogP contribution in [0.1, 0.15) is 0 Å². The van der Waals surface area contributed by atoms with Crippen molar-refractivity contribution >= 4 is 46.8 Å². The average Bonchev–Trinajstić information content (AvgIpc) is 2.40. The van der Waals surface area contributed by atoms with Crippen LogP contribution >= 0.6 is 0 Å². The van der Waals surface area contributed by atoms with Gasteiger partial charge in [0, 0.05) is 5.19 Å². The number of hydrogen-bond donors (Lipinski definition) is 0. The first-order valence-corrected chi connectivity index (χ1v) is 17.9. The molecule has 0 unspecified atom stereocenters. The van der Waals surface area contributed by atoms with Gasteiger partial charge in [0.2, 0.25) is 0 Å². The minimum absolute atomic E-state index is 0.129. The Balaban J connectivity index is 3.97. The molecule has 0 saturated carbocycles. The standard InChI is InChI=1S/C14H20F6O6S2Si2/c1-29(2,3)9-7-10(25-27(21,22)13(15,16)17)12(30(4,5)6)11(8-9)26-28(23,24)14(18,19)20/h7-8H,1-6H3. The Kier molecular flexibility index (Phi) is 6.87. The number of benzene rings is 1. The van der Waals surface area contributed by atoms with E-state index in [0.717, 1.165) is 12.1 Å². The molecule has 0 N–H and O–H groups in total. The van der Waals surface area contributed by atoms with Crippen LogP contribution in [0.3, 0.4) is 0 Å². The summed E-state index contributed by atoms with van der Waals surface area (Å²) in [5.74, 6) is -1.81. The fourth-order valence-corrected chi connectivity index (χ4v) is 6.15. The van der Waals surface area contributed by atoms with Gasteiger partial charge in [-0.2, -0.15) is 43.2 Å².